The third kappa shape index (κ3) is 4.18. The lowest BCUT2D eigenvalue weighted by Gasteiger charge is -2.25. The summed E-state index contributed by atoms with van der Waals surface area (Å²) in [4.78, 5) is 4.28. The Balaban J connectivity index is 0.00000144. The van der Waals surface area contributed by atoms with Crippen LogP contribution in [0.2, 0.25) is 0 Å². The van der Waals surface area contributed by atoms with E-state index in [1.165, 1.54) is 19.3 Å². The van der Waals surface area contributed by atoms with Gasteiger partial charge in [-0.25, -0.2) is 4.99 Å². The molecule has 1 aliphatic rings. The molecule has 0 aromatic carbocycles. The van der Waals surface area contributed by atoms with Crippen LogP contribution in [0.15, 0.2) is 17.3 Å². The minimum absolute atomic E-state index is 0. The van der Waals surface area contributed by atoms with E-state index in [1.54, 1.807) is 6.20 Å². The summed E-state index contributed by atoms with van der Waals surface area (Å²) in [6.45, 7) is 1.54. The lowest BCUT2D eigenvalue weighted by atomic mass is 9.85. The monoisotopic (exact) mass is 349 g/mol. The standard InChI is InChI=1S/C11H19N5.HI/c1-16-10(5-6-15-16)8-14-11(12)13-7-9-3-2-4-9;/h5-6,9H,2-4,7-8H2,1H3,(H3,12,13,14);1H. The topological polar surface area (TPSA) is 68.2 Å². The second-order valence-corrected chi connectivity index (χ2v) is 4.33. The zero-order valence-corrected chi connectivity index (χ0v) is 12.4. The number of nitrogens with one attached hydrogen (secondary N) is 1. The molecule has 5 nitrogen and oxygen atoms in total. The molecule has 2 rings (SSSR count). The van der Waals surface area contributed by atoms with Crippen LogP contribution in [0, 0.1) is 5.92 Å². The predicted molar refractivity (Wildman–Crippen MR) is 79.3 cm³/mol. The average Bonchev–Trinajstić information content (AvgIpc) is 2.59. The van der Waals surface area contributed by atoms with Gasteiger partial charge in [0.1, 0.15) is 0 Å². The first-order chi connectivity index (χ1) is 7.75. The van der Waals surface area contributed by atoms with Gasteiger partial charge in [0.05, 0.1) is 12.2 Å². The number of nitrogens with two attached hydrogens (primary N) is 1. The fourth-order valence-corrected chi connectivity index (χ4v) is 1.72. The zero-order chi connectivity index (χ0) is 11.4. The first kappa shape index (κ1) is 14.3. The zero-order valence-electron chi connectivity index (χ0n) is 10.1. The van der Waals surface area contributed by atoms with E-state index in [4.69, 9.17) is 5.73 Å². The van der Waals surface area contributed by atoms with Crippen LogP contribution < -0.4 is 11.1 Å². The smallest absolute Gasteiger partial charge is 0.188 e. The number of hydrogen-bond acceptors (Lipinski definition) is 2. The number of hydrogen-bond donors (Lipinski definition) is 2. The lowest BCUT2D eigenvalue weighted by Crippen LogP contribution is -2.37. The van der Waals surface area contributed by atoms with Crippen LogP contribution in [0.25, 0.3) is 0 Å². The molecule has 96 valence electrons. The van der Waals surface area contributed by atoms with Gasteiger partial charge in [0.2, 0.25) is 0 Å². The predicted octanol–water partition coefficient (Wildman–Crippen LogP) is 1.24. The van der Waals surface area contributed by atoms with Crippen LogP contribution in [0.1, 0.15) is 25.0 Å². The molecule has 0 atom stereocenters. The Morgan fingerprint density at radius 3 is 2.94 bits per heavy atom. The number of nitrogens with zero attached hydrogens (tertiary/aromatic N) is 3. The minimum Gasteiger partial charge on any atom is -0.370 e. The minimum atomic E-state index is 0. The highest BCUT2D eigenvalue weighted by Crippen LogP contribution is 2.24. The molecule has 6 heteroatoms. The highest BCUT2D eigenvalue weighted by Gasteiger charge is 2.16. The third-order valence-electron chi connectivity index (χ3n) is 3.13. The summed E-state index contributed by atoms with van der Waals surface area (Å²) in [5.74, 6) is 1.33. The maximum atomic E-state index is 5.78. The molecule has 1 heterocycles. The van der Waals surface area contributed by atoms with Gasteiger partial charge in [-0.15, -0.1) is 24.0 Å². The van der Waals surface area contributed by atoms with Crippen molar-refractivity contribution in [2.24, 2.45) is 23.7 Å². The summed E-state index contributed by atoms with van der Waals surface area (Å²) in [5.41, 5.74) is 6.84. The molecule has 0 unspecified atom stereocenters. The van der Waals surface area contributed by atoms with E-state index in [-0.39, 0.29) is 24.0 Å². The van der Waals surface area contributed by atoms with Gasteiger partial charge in [0, 0.05) is 19.8 Å². The third-order valence-corrected chi connectivity index (χ3v) is 3.13. The fraction of sp³-hybridized carbons (Fsp3) is 0.636. The van der Waals surface area contributed by atoms with Gasteiger partial charge in [-0.3, -0.25) is 4.68 Å². The van der Waals surface area contributed by atoms with Gasteiger partial charge >= 0.3 is 0 Å². The maximum Gasteiger partial charge on any atom is 0.188 e. The first-order valence-electron chi connectivity index (χ1n) is 5.76. The molecular formula is C11H20IN5. The Morgan fingerprint density at radius 1 is 1.65 bits per heavy atom. The Morgan fingerprint density at radius 2 is 2.41 bits per heavy atom. The van der Waals surface area contributed by atoms with Crippen molar-refractivity contribution in [2.45, 2.75) is 25.8 Å². The van der Waals surface area contributed by atoms with Crippen molar-refractivity contribution in [1.82, 2.24) is 15.1 Å². The second-order valence-electron chi connectivity index (χ2n) is 4.33. The van der Waals surface area contributed by atoms with E-state index < -0.39 is 0 Å². The summed E-state index contributed by atoms with van der Waals surface area (Å²) in [7, 11) is 1.91. The lowest BCUT2D eigenvalue weighted by molar-refractivity contribution is 0.315. The van der Waals surface area contributed by atoms with Crippen molar-refractivity contribution in [2.75, 3.05) is 6.54 Å². The SMILES string of the molecule is Cn1nccc1CN=C(N)NCC1CCC1.I. The molecule has 1 fully saturated rings. The van der Waals surface area contributed by atoms with Crippen molar-refractivity contribution < 1.29 is 0 Å². The Hall–Kier alpha value is -0.790. The van der Waals surface area contributed by atoms with Crippen LogP contribution in [-0.4, -0.2) is 22.3 Å². The molecule has 0 aliphatic heterocycles. The van der Waals surface area contributed by atoms with Gasteiger partial charge in [0.25, 0.3) is 0 Å². The van der Waals surface area contributed by atoms with Gasteiger partial charge < -0.3 is 11.1 Å². The molecule has 3 N–H and O–H groups in total. The molecule has 0 bridgehead atoms. The quantitative estimate of drug-likeness (QED) is 0.488. The van der Waals surface area contributed by atoms with Crippen LogP contribution in [0.5, 0.6) is 0 Å². The molecule has 0 spiro atoms. The van der Waals surface area contributed by atoms with E-state index >= 15 is 0 Å². The van der Waals surface area contributed by atoms with E-state index in [0.29, 0.717) is 12.5 Å². The van der Waals surface area contributed by atoms with Crippen molar-refractivity contribution in [3.8, 4) is 0 Å². The molecule has 0 amide bonds. The van der Waals surface area contributed by atoms with E-state index in [9.17, 15) is 0 Å². The summed E-state index contributed by atoms with van der Waals surface area (Å²) in [6.07, 6.45) is 5.77. The largest absolute Gasteiger partial charge is 0.370 e. The van der Waals surface area contributed by atoms with Gasteiger partial charge in [-0.1, -0.05) is 6.42 Å². The maximum absolute atomic E-state index is 5.78. The number of aromatic nitrogens is 2. The number of aryl methyl sites for hydroxylation is 1. The second kappa shape index (κ2) is 6.83. The van der Waals surface area contributed by atoms with E-state index in [2.05, 4.69) is 15.4 Å². The summed E-state index contributed by atoms with van der Waals surface area (Å²) >= 11 is 0. The summed E-state index contributed by atoms with van der Waals surface area (Å²) < 4.78 is 1.81. The number of aliphatic imine (C=N–C) groups is 1. The number of rotatable bonds is 4. The fourth-order valence-electron chi connectivity index (χ4n) is 1.72. The molecular weight excluding hydrogens is 329 g/mol. The van der Waals surface area contributed by atoms with Gasteiger partial charge in [0.15, 0.2) is 5.96 Å². The van der Waals surface area contributed by atoms with Crippen molar-refractivity contribution >= 4 is 29.9 Å². The van der Waals surface area contributed by atoms with Crippen LogP contribution in [0.3, 0.4) is 0 Å². The van der Waals surface area contributed by atoms with Crippen molar-refractivity contribution in [3.63, 3.8) is 0 Å². The molecule has 0 saturated heterocycles. The molecule has 17 heavy (non-hydrogen) atoms. The summed E-state index contributed by atoms with van der Waals surface area (Å²) in [5, 5.41) is 7.24. The number of halogens is 1. The van der Waals surface area contributed by atoms with Crippen molar-refractivity contribution in [3.05, 3.63) is 18.0 Å². The number of guanidine groups is 1. The van der Waals surface area contributed by atoms with Gasteiger partial charge in [-0.05, 0) is 24.8 Å². The Kier molecular flexibility index (Phi) is 5.73. The normalized spacial score (nSPS) is 16.2. The Labute approximate surface area is 119 Å². The highest BCUT2D eigenvalue weighted by atomic mass is 127. The first-order valence-corrected chi connectivity index (χ1v) is 5.76. The van der Waals surface area contributed by atoms with E-state index in [1.807, 2.05) is 17.8 Å². The Bertz CT molecular complexity index is 370. The van der Waals surface area contributed by atoms with Crippen LogP contribution >= 0.6 is 24.0 Å². The van der Waals surface area contributed by atoms with Gasteiger partial charge in [-0.2, -0.15) is 5.10 Å². The molecule has 1 aliphatic carbocycles. The van der Waals surface area contributed by atoms with Crippen LogP contribution in [-0.2, 0) is 13.6 Å². The molecule has 1 saturated carbocycles. The van der Waals surface area contributed by atoms with Crippen molar-refractivity contribution in [1.29, 1.82) is 0 Å². The molecule has 1 aromatic rings. The highest BCUT2D eigenvalue weighted by molar-refractivity contribution is 14.0. The summed E-state index contributed by atoms with van der Waals surface area (Å²) in [6, 6.07) is 1.95. The average molecular weight is 349 g/mol. The molecule has 1 aromatic heterocycles. The molecule has 0 radical (unpaired) electrons. The van der Waals surface area contributed by atoms with Crippen LogP contribution in [0.4, 0.5) is 0 Å². The van der Waals surface area contributed by atoms with E-state index in [0.717, 1.165) is 18.2 Å².